The van der Waals surface area contributed by atoms with Crippen LogP contribution in [0.25, 0.3) is 5.76 Å². The Hall–Kier alpha value is -2.71. The van der Waals surface area contributed by atoms with Crippen LogP contribution in [-0.4, -0.2) is 44.0 Å². The molecule has 0 bridgehead atoms. The van der Waals surface area contributed by atoms with Crippen LogP contribution >= 0.6 is 0 Å². The first-order chi connectivity index (χ1) is 12.2. The third-order valence-electron chi connectivity index (χ3n) is 3.63. The van der Waals surface area contributed by atoms with Crippen LogP contribution in [0.3, 0.4) is 0 Å². The summed E-state index contributed by atoms with van der Waals surface area (Å²) in [6.07, 6.45) is -5.21. The highest BCUT2D eigenvalue weighted by Gasteiger charge is 2.75. The van der Waals surface area contributed by atoms with Gasteiger partial charge in [-0.15, -0.1) is 0 Å². The largest absolute Gasteiger partial charge is 0.497 e. The van der Waals surface area contributed by atoms with Gasteiger partial charge in [0, 0.05) is 5.56 Å². The van der Waals surface area contributed by atoms with E-state index < -0.39 is 35.0 Å². The molecule has 1 heterocycles. The number of ether oxygens (including phenoxy) is 4. The van der Waals surface area contributed by atoms with Gasteiger partial charge in [0.05, 0.1) is 20.3 Å². The summed E-state index contributed by atoms with van der Waals surface area (Å²) in [7, 11) is 1.42. The Morgan fingerprint density at radius 1 is 1.08 bits per heavy atom. The summed E-state index contributed by atoms with van der Waals surface area (Å²) in [5.41, 5.74) is -4.28. The van der Waals surface area contributed by atoms with Gasteiger partial charge < -0.3 is 18.9 Å². The molecule has 26 heavy (non-hydrogen) atoms. The topological polar surface area (TPSA) is 71.1 Å². The van der Waals surface area contributed by atoms with Gasteiger partial charge in [-0.05, 0) is 38.1 Å². The lowest BCUT2D eigenvalue weighted by Crippen LogP contribution is -2.63. The Kier molecular flexibility index (Phi) is 5.48. The van der Waals surface area contributed by atoms with Gasteiger partial charge in [-0.25, -0.2) is 9.59 Å². The van der Waals surface area contributed by atoms with Crippen LogP contribution in [0, 0.1) is 0 Å². The molecule has 1 aromatic carbocycles. The Morgan fingerprint density at radius 2 is 1.65 bits per heavy atom. The maximum atomic E-state index is 13.7. The van der Waals surface area contributed by atoms with Crippen LogP contribution in [0.5, 0.6) is 5.75 Å². The molecule has 142 valence electrons. The normalized spacial score (nSPS) is 19.3. The van der Waals surface area contributed by atoms with E-state index in [9.17, 15) is 22.8 Å². The molecule has 0 aliphatic carbocycles. The number of methoxy groups -OCH3 is 1. The maximum absolute atomic E-state index is 13.7. The van der Waals surface area contributed by atoms with Crippen molar-refractivity contribution in [3.63, 3.8) is 0 Å². The molecule has 0 fully saturated rings. The summed E-state index contributed by atoms with van der Waals surface area (Å²) in [6.45, 7) is 2.30. The predicted molar refractivity (Wildman–Crippen MR) is 83.1 cm³/mol. The van der Waals surface area contributed by atoms with Gasteiger partial charge >= 0.3 is 23.7 Å². The van der Waals surface area contributed by atoms with E-state index in [0.717, 1.165) is 0 Å². The number of hydrogen-bond acceptors (Lipinski definition) is 6. The molecule has 1 aromatic rings. The molecule has 0 unspecified atom stereocenters. The van der Waals surface area contributed by atoms with Gasteiger partial charge in [-0.1, -0.05) is 0 Å². The summed E-state index contributed by atoms with van der Waals surface area (Å²) in [5, 5.41) is 0. The quantitative estimate of drug-likeness (QED) is 0.713. The van der Waals surface area contributed by atoms with Crippen molar-refractivity contribution < 1.29 is 41.7 Å². The number of esters is 2. The van der Waals surface area contributed by atoms with Crippen molar-refractivity contribution in [2.24, 2.45) is 0 Å². The Labute approximate surface area is 147 Å². The number of hydrogen-bond donors (Lipinski definition) is 0. The summed E-state index contributed by atoms with van der Waals surface area (Å²) < 4.78 is 60.2. The van der Waals surface area contributed by atoms with Crippen molar-refractivity contribution in [1.29, 1.82) is 0 Å². The summed E-state index contributed by atoms with van der Waals surface area (Å²) in [5.74, 6) is -2.95. The number of rotatable bonds is 6. The molecule has 0 amide bonds. The highest BCUT2D eigenvalue weighted by atomic mass is 19.4. The fourth-order valence-corrected chi connectivity index (χ4v) is 2.45. The zero-order chi connectivity index (χ0) is 19.5. The van der Waals surface area contributed by atoms with Gasteiger partial charge in [-0.2, -0.15) is 13.2 Å². The van der Waals surface area contributed by atoms with E-state index in [1.807, 2.05) is 0 Å². The van der Waals surface area contributed by atoms with Crippen LogP contribution < -0.4 is 4.74 Å². The van der Waals surface area contributed by atoms with Crippen LogP contribution in [0.15, 0.2) is 29.8 Å². The second-order valence-electron chi connectivity index (χ2n) is 5.15. The minimum Gasteiger partial charge on any atom is -0.497 e. The van der Waals surface area contributed by atoms with Gasteiger partial charge in [-0.3, -0.25) is 0 Å². The zero-order valence-corrected chi connectivity index (χ0v) is 14.3. The lowest BCUT2D eigenvalue weighted by atomic mass is 9.84. The Morgan fingerprint density at radius 3 is 2.12 bits per heavy atom. The molecule has 0 radical (unpaired) electrons. The molecule has 0 saturated carbocycles. The van der Waals surface area contributed by atoms with Crippen molar-refractivity contribution in [2.75, 3.05) is 20.3 Å². The third kappa shape index (κ3) is 3.09. The van der Waals surface area contributed by atoms with E-state index in [4.69, 9.17) is 14.2 Å². The van der Waals surface area contributed by atoms with E-state index in [1.165, 1.54) is 45.2 Å². The first kappa shape index (κ1) is 19.6. The molecule has 0 aromatic heterocycles. The lowest BCUT2D eigenvalue weighted by molar-refractivity contribution is -0.260. The fraction of sp³-hybridized carbons (Fsp3) is 0.412. The van der Waals surface area contributed by atoms with Gasteiger partial charge in [0.15, 0.2) is 0 Å². The highest BCUT2D eigenvalue weighted by Crippen LogP contribution is 2.53. The standard InChI is InChI=1S/C17H17F3O6/c1-4-24-14(21)12-13(10-6-8-11(23-3)9-7-10)26-16(12,17(18,19)20)15(22)25-5-2/h6-9H,4-5H2,1-3H3/t16-/m1/s1. The van der Waals surface area contributed by atoms with E-state index in [2.05, 4.69) is 4.74 Å². The van der Waals surface area contributed by atoms with Crippen LogP contribution in [-0.2, 0) is 23.8 Å². The van der Waals surface area contributed by atoms with Crippen LogP contribution in [0.1, 0.15) is 19.4 Å². The van der Waals surface area contributed by atoms with Crippen LogP contribution in [0.2, 0.25) is 0 Å². The maximum Gasteiger partial charge on any atom is 0.444 e. The lowest BCUT2D eigenvalue weighted by Gasteiger charge is -2.42. The molecule has 1 aliphatic rings. The predicted octanol–water partition coefficient (Wildman–Crippen LogP) is 2.86. The molecule has 0 N–H and O–H groups in total. The molecule has 9 heteroatoms. The van der Waals surface area contributed by atoms with Crippen molar-refractivity contribution >= 4 is 17.7 Å². The SMILES string of the molecule is CCOC(=O)C1=C(c2ccc(OC)cc2)O[C@]1(C(=O)OCC)C(F)(F)F. The molecule has 1 atom stereocenters. The minimum absolute atomic E-state index is 0.165. The molecular weight excluding hydrogens is 357 g/mol. The number of halogens is 3. The highest BCUT2D eigenvalue weighted by molar-refractivity contribution is 6.10. The number of carbonyl (C=O) groups is 2. The average Bonchev–Trinajstić information content (AvgIpc) is 2.54. The van der Waals surface area contributed by atoms with Crippen molar-refractivity contribution in [1.82, 2.24) is 0 Å². The number of benzene rings is 1. The van der Waals surface area contributed by atoms with E-state index in [-0.39, 0.29) is 18.8 Å². The van der Waals surface area contributed by atoms with Crippen molar-refractivity contribution in [3.8, 4) is 5.75 Å². The fourth-order valence-electron chi connectivity index (χ4n) is 2.45. The molecule has 2 rings (SSSR count). The molecule has 6 nitrogen and oxygen atoms in total. The van der Waals surface area contributed by atoms with Crippen molar-refractivity contribution in [3.05, 3.63) is 35.4 Å². The smallest absolute Gasteiger partial charge is 0.444 e. The first-order valence-electron chi connectivity index (χ1n) is 7.72. The van der Waals surface area contributed by atoms with Gasteiger partial charge in [0.25, 0.3) is 0 Å². The molecule has 1 aliphatic heterocycles. The van der Waals surface area contributed by atoms with Crippen LogP contribution in [0.4, 0.5) is 13.2 Å². The minimum atomic E-state index is -5.21. The van der Waals surface area contributed by atoms with Gasteiger partial charge in [0.1, 0.15) is 17.1 Å². The Bertz CT molecular complexity index is 723. The van der Waals surface area contributed by atoms with Gasteiger partial charge in [0.2, 0.25) is 0 Å². The average molecular weight is 374 g/mol. The monoisotopic (exact) mass is 374 g/mol. The number of carbonyl (C=O) groups excluding carboxylic acids is 2. The zero-order valence-electron chi connectivity index (χ0n) is 14.3. The second kappa shape index (κ2) is 7.27. The Balaban J connectivity index is 2.61. The molecule has 0 saturated heterocycles. The second-order valence-corrected chi connectivity index (χ2v) is 5.15. The molecule has 0 spiro atoms. The van der Waals surface area contributed by atoms with E-state index >= 15 is 0 Å². The summed E-state index contributed by atoms with van der Waals surface area (Å²) in [4.78, 5) is 24.3. The third-order valence-corrected chi connectivity index (χ3v) is 3.63. The van der Waals surface area contributed by atoms with Crippen molar-refractivity contribution in [2.45, 2.75) is 25.6 Å². The van der Waals surface area contributed by atoms with E-state index in [1.54, 1.807) is 0 Å². The first-order valence-corrected chi connectivity index (χ1v) is 7.72. The number of alkyl halides is 3. The molecular formula is C17H17F3O6. The van der Waals surface area contributed by atoms with E-state index in [0.29, 0.717) is 5.75 Å². The summed E-state index contributed by atoms with van der Waals surface area (Å²) >= 11 is 0. The summed E-state index contributed by atoms with van der Waals surface area (Å²) in [6, 6.07) is 5.76.